The fourth-order valence-electron chi connectivity index (χ4n) is 7.99. The molecule has 59 heavy (non-hydrogen) atoms. The summed E-state index contributed by atoms with van der Waals surface area (Å²) >= 11 is 0. The van der Waals surface area contributed by atoms with Crippen molar-refractivity contribution in [1.82, 2.24) is 0 Å². The molecule has 0 amide bonds. The van der Waals surface area contributed by atoms with Gasteiger partial charge in [-0.25, -0.2) is 0 Å². The van der Waals surface area contributed by atoms with Gasteiger partial charge in [-0.05, 0) is 31.1 Å². The summed E-state index contributed by atoms with van der Waals surface area (Å²) in [5.41, 5.74) is 0. The van der Waals surface area contributed by atoms with Crippen LogP contribution in [0.25, 0.3) is 0 Å². The molecule has 6 heteroatoms. The van der Waals surface area contributed by atoms with Crippen LogP contribution in [0.2, 0.25) is 0 Å². The third-order valence-corrected chi connectivity index (χ3v) is 12.0. The summed E-state index contributed by atoms with van der Waals surface area (Å²) in [6.45, 7) is 11.3. The zero-order chi connectivity index (χ0) is 43.3. The molecule has 0 aromatic carbocycles. The van der Waals surface area contributed by atoms with E-state index in [1.54, 1.807) is 0 Å². The topological polar surface area (TPSA) is 78.9 Å². The second kappa shape index (κ2) is 45.9. The normalized spacial score (nSPS) is 12.1. The van der Waals surface area contributed by atoms with E-state index in [2.05, 4.69) is 34.6 Å². The van der Waals surface area contributed by atoms with Crippen LogP contribution in [0.1, 0.15) is 291 Å². The minimum Gasteiger partial charge on any atom is -0.462 e. The van der Waals surface area contributed by atoms with Gasteiger partial charge in [0.15, 0.2) is 6.10 Å². The van der Waals surface area contributed by atoms with Crippen LogP contribution in [0.5, 0.6) is 0 Å². The first kappa shape index (κ1) is 57.4. The highest BCUT2D eigenvalue weighted by atomic mass is 16.6. The molecule has 0 saturated heterocycles. The van der Waals surface area contributed by atoms with Crippen LogP contribution in [0.15, 0.2) is 0 Å². The molecule has 0 radical (unpaired) electrons. The van der Waals surface area contributed by atoms with Crippen molar-refractivity contribution in [3.05, 3.63) is 0 Å². The van der Waals surface area contributed by atoms with E-state index in [1.165, 1.54) is 180 Å². The number of hydrogen-bond donors (Lipinski definition) is 0. The van der Waals surface area contributed by atoms with Crippen molar-refractivity contribution >= 4 is 17.9 Å². The predicted octanol–water partition coefficient (Wildman–Crippen LogP) is 16.9. The van der Waals surface area contributed by atoms with Crippen LogP contribution in [-0.2, 0) is 28.6 Å². The van der Waals surface area contributed by atoms with Gasteiger partial charge in [-0.15, -0.1) is 0 Å². The van der Waals surface area contributed by atoms with Gasteiger partial charge in [0.05, 0.1) is 0 Å². The van der Waals surface area contributed by atoms with Crippen molar-refractivity contribution in [3.8, 4) is 0 Å². The zero-order valence-electron chi connectivity index (χ0n) is 40.4. The van der Waals surface area contributed by atoms with Gasteiger partial charge in [0.2, 0.25) is 0 Å². The lowest BCUT2D eigenvalue weighted by Crippen LogP contribution is -2.30. The Labute approximate surface area is 368 Å². The lowest BCUT2D eigenvalue weighted by molar-refractivity contribution is -0.167. The molecule has 0 rings (SSSR count). The van der Waals surface area contributed by atoms with Crippen LogP contribution in [0, 0.1) is 11.8 Å². The lowest BCUT2D eigenvalue weighted by Gasteiger charge is -2.18. The largest absolute Gasteiger partial charge is 0.462 e. The maximum Gasteiger partial charge on any atom is 0.306 e. The van der Waals surface area contributed by atoms with Crippen LogP contribution >= 0.6 is 0 Å². The predicted molar refractivity (Wildman–Crippen MR) is 252 cm³/mol. The third kappa shape index (κ3) is 47.3. The summed E-state index contributed by atoms with van der Waals surface area (Å²) in [6, 6.07) is 0. The summed E-state index contributed by atoms with van der Waals surface area (Å²) in [5.74, 6) is 0.800. The second-order valence-corrected chi connectivity index (χ2v) is 19.1. The van der Waals surface area contributed by atoms with Gasteiger partial charge in [0.25, 0.3) is 0 Å². The van der Waals surface area contributed by atoms with Gasteiger partial charge in [0.1, 0.15) is 13.2 Å². The maximum atomic E-state index is 12.7. The summed E-state index contributed by atoms with van der Waals surface area (Å²) < 4.78 is 16.8. The van der Waals surface area contributed by atoms with Crippen molar-refractivity contribution in [1.29, 1.82) is 0 Å². The van der Waals surface area contributed by atoms with E-state index < -0.39 is 6.10 Å². The van der Waals surface area contributed by atoms with Crippen molar-refractivity contribution in [2.45, 2.75) is 298 Å². The Balaban J connectivity index is 4.16. The lowest BCUT2D eigenvalue weighted by atomic mass is 10.0. The minimum absolute atomic E-state index is 0.0641. The molecule has 0 aromatic heterocycles. The van der Waals surface area contributed by atoms with Crippen LogP contribution < -0.4 is 0 Å². The molecule has 0 aliphatic heterocycles. The highest BCUT2D eigenvalue weighted by molar-refractivity contribution is 5.71. The Morgan fingerprint density at radius 1 is 0.322 bits per heavy atom. The molecule has 0 spiro atoms. The highest BCUT2D eigenvalue weighted by Gasteiger charge is 2.19. The van der Waals surface area contributed by atoms with E-state index in [0.29, 0.717) is 19.3 Å². The van der Waals surface area contributed by atoms with Crippen molar-refractivity contribution in [2.75, 3.05) is 13.2 Å². The first-order valence-corrected chi connectivity index (χ1v) is 26.2. The molecule has 0 aliphatic carbocycles. The molecule has 0 unspecified atom stereocenters. The Kier molecular flexibility index (Phi) is 44.7. The zero-order valence-corrected chi connectivity index (χ0v) is 40.4. The number of carbonyl (C=O) groups excluding carboxylic acids is 3. The van der Waals surface area contributed by atoms with E-state index in [1.807, 2.05) is 0 Å². The number of rotatable bonds is 47. The highest BCUT2D eigenvalue weighted by Crippen LogP contribution is 2.17. The van der Waals surface area contributed by atoms with Gasteiger partial charge in [0, 0.05) is 19.3 Å². The number of esters is 3. The monoisotopic (exact) mass is 835 g/mol. The minimum atomic E-state index is -0.761. The SMILES string of the molecule is CCCCCCCCCCCC(=O)OC[C@H](COC(=O)CCCCCCCCCCCCCCCCCCCCC(C)C)OC(=O)CCCCCCCCCCC(C)C. The molecule has 0 bridgehead atoms. The van der Waals surface area contributed by atoms with Crippen LogP contribution in [0.4, 0.5) is 0 Å². The molecule has 0 saturated carbocycles. The molecule has 0 N–H and O–H groups in total. The van der Waals surface area contributed by atoms with Gasteiger partial charge in [-0.2, -0.15) is 0 Å². The standard InChI is InChI=1S/C53H102O6/c1-6-7-8-9-10-21-28-33-38-43-51(54)57-46-50(59-53(56)45-40-35-30-25-24-27-32-37-42-49(4)5)47-58-52(55)44-39-34-29-23-20-18-16-14-12-11-13-15-17-19-22-26-31-36-41-48(2)3/h48-50H,6-47H2,1-5H3/t50-/m1/s1. The average Bonchev–Trinajstić information content (AvgIpc) is 3.20. The first-order valence-electron chi connectivity index (χ1n) is 26.2. The third-order valence-electron chi connectivity index (χ3n) is 12.0. The summed E-state index contributed by atoms with van der Waals surface area (Å²) in [5, 5.41) is 0. The Morgan fingerprint density at radius 2 is 0.559 bits per heavy atom. The number of hydrogen-bond acceptors (Lipinski definition) is 6. The van der Waals surface area contributed by atoms with E-state index in [4.69, 9.17) is 14.2 Å². The molecule has 0 aliphatic rings. The average molecular weight is 835 g/mol. The fraction of sp³-hybridized carbons (Fsp3) is 0.943. The fourth-order valence-corrected chi connectivity index (χ4v) is 7.99. The molecule has 0 fully saturated rings. The van der Waals surface area contributed by atoms with Crippen molar-refractivity contribution in [3.63, 3.8) is 0 Å². The van der Waals surface area contributed by atoms with E-state index >= 15 is 0 Å². The van der Waals surface area contributed by atoms with Gasteiger partial charge in [-0.3, -0.25) is 14.4 Å². The van der Waals surface area contributed by atoms with Crippen molar-refractivity contribution in [2.24, 2.45) is 11.8 Å². The summed E-state index contributed by atoms with van der Waals surface area (Å²) in [6.07, 6.45) is 46.8. The molecule has 0 aromatic rings. The quantitative estimate of drug-likeness (QED) is 0.0345. The van der Waals surface area contributed by atoms with Gasteiger partial charge >= 0.3 is 17.9 Å². The van der Waals surface area contributed by atoms with Gasteiger partial charge < -0.3 is 14.2 Å². The summed E-state index contributed by atoms with van der Waals surface area (Å²) in [4.78, 5) is 37.8. The van der Waals surface area contributed by atoms with E-state index in [0.717, 1.165) is 69.6 Å². The van der Waals surface area contributed by atoms with E-state index in [9.17, 15) is 14.4 Å². The number of ether oxygens (including phenoxy) is 3. The second-order valence-electron chi connectivity index (χ2n) is 19.1. The smallest absolute Gasteiger partial charge is 0.306 e. The molecule has 0 heterocycles. The molecule has 1 atom stereocenters. The molecule has 6 nitrogen and oxygen atoms in total. The summed E-state index contributed by atoms with van der Waals surface area (Å²) in [7, 11) is 0. The van der Waals surface area contributed by atoms with Gasteiger partial charge in [-0.1, -0.05) is 253 Å². The van der Waals surface area contributed by atoms with Crippen molar-refractivity contribution < 1.29 is 28.6 Å². The van der Waals surface area contributed by atoms with Crippen LogP contribution in [-0.4, -0.2) is 37.2 Å². The van der Waals surface area contributed by atoms with E-state index in [-0.39, 0.29) is 31.1 Å². The molecular formula is C53H102O6. The first-order chi connectivity index (χ1) is 28.7. The number of carbonyl (C=O) groups is 3. The Bertz CT molecular complexity index is 900. The molecular weight excluding hydrogens is 733 g/mol. The number of unbranched alkanes of at least 4 members (excludes halogenated alkanes) is 32. The maximum absolute atomic E-state index is 12.7. The molecule has 350 valence electrons. The van der Waals surface area contributed by atoms with Crippen LogP contribution in [0.3, 0.4) is 0 Å². The Morgan fingerprint density at radius 3 is 0.831 bits per heavy atom. The Hall–Kier alpha value is -1.59.